The quantitative estimate of drug-likeness (QED) is 0.372. The van der Waals surface area contributed by atoms with Crippen molar-refractivity contribution in [3.05, 3.63) is 0 Å². The zero-order valence-corrected chi connectivity index (χ0v) is 8.43. The Balaban J connectivity index is 3.42. The van der Waals surface area contributed by atoms with E-state index in [4.69, 9.17) is 5.73 Å². The molecule has 0 saturated carbocycles. The second kappa shape index (κ2) is 6.95. The summed E-state index contributed by atoms with van der Waals surface area (Å²) in [6, 6.07) is 0. The Labute approximate surface area is 75.4 Å². The molecule has 0 amide bonds. The van der Waals surface area contributed by atoms with Gasteiger partial charge in [0.2, 0.25) is 0 Å². The van der Waals surface area contributed by atoms with Crippen LogP contribution in [0.1, 0.15) is 33.6 Å². The van der Waals surface area contributed by atoms with Crippen LogP contribution in [0.25, 0.3) is 0 Å². The van der Waals surface area contributed by atoms with Crippen molar-refractivity contribution in [1.29, 1.82) is 0 Å². The number of nitrogens with one attached hydrogen (secondary N) is 1. The maximum Gasteiger partial charge on any atom is 0.188 e. The minimum atomic E-state index is 0.580. The number of guanidine groups is 1. The number of nitrogens with zero attached hydrogens (tertiary/aromatic N) is 1. The molecule has 0 rings (SSSR count). The molecule has 0 aromatic carbocycles. The molecule has 0 aliphatic rings. The van der Waals surface area contributed by atoms with Crippen molar-refractivity contribution in [1.82, 2.24) is 5.32 Å². The summed E-state index contributed by atoms with van der Waals surface area (Å²) in [5.41, 5.74) is 5.60. The average molecular weight is 171 g/mol. The molecule has 12 heavy (non-hydrogen) atoms. The van der Waals surface area contributed by atoms with Gasteiger partial charge in [-0.05, 0) is 12.3 Å². The lowest BCUT2D eigenvalue weighted by molar-refractivity contribution is 0.659. The Kier molecular flexibility index (Phi) is 6.53. The van der Waals surface area contributed by atoms with Crippen molar-refractivity contribution < 1.29 is 0 Å². The van der Waals surface area contributed by atoms with Gasteiger partial charge < -0.3 is 11.1 Å². The second-order valence-electron chi connectivity index (χ2n) is 3.40. The molecule has 0 unspecified atom stereocenters. The Morgan fingerprint density at radius 3 is 2.67 bits per heavy atom. The Bertz CT molecular complexity index is 130. The van der Waals surface area contributed by atoms with E-state index in [-0.39, 0.29) is 0 Å². The van der Waals surface area contributed by atoms with E-state index in [0.29, 0.717) is 11.9 Å². The third kappa shape index (κ3) is 7.38. The minimum absolute atomic E-state index is 0.580. The van der Waals surface area contributed by atoms with Gasteiger partial charge in [-0.2, -0.15) is 0 Å². The van der Waals surface area contributed by atoms with Gasteiger partial charge in [0.1, 0.15) is 0 Å². The van der Waals surface area contributed by atoms with E-state index in [9.17, 15) is 0 Å². The van der Waals surface area contributed by atoms with Gasteiger partial charge in [-0.15, -0.1) is 0 Å². The number of rotatable bonds is 5. The van der Waals surface area contributed by atoms with Crippen molar-refractivity contribution in [2.75, 3.05) is 13.1 Å². The van der Waals surface area contributed by atoms with E-state index in [1.165, 1.54) is 6.42 Å². The van der Waals surface area contributed by atoms with Crippen LogP contribution in [0.3, 0.4) is 0 Å². The normalized spacial score (nSPS) is 12.2. The van der Waals surface area contributed by atoms with Crippen LogP contribution >= 0.6 is 0 Å². The monoisotopic (exact) mass is 171 g/mol. The Morgan fingerprint density at radius 1 is 1.50 bits per heavy atom. The molecule has 0 aliphatic heterocycles. The van der Waals surface area contributed by atoms with Gasteiger partial charge in [0.05, 0.1) is 0 Å². The summed E-state index contributed by atoms with van der Waals surface area (Å²) in [6.45, 7) is 8.16. The van der Waals surface area contributed by atoms with Crippen LogP contribution in [0.2, 0.25) is 0 Å². The van der Waals surface area contributed by atoms with Crippen molar-refractivity contribution in [3.8, 4) is 0 Å². The molecular weight excluding hydrogens is 150 g/mol. The molecule has 0 saturated heterocycles. The van der Waals surface area contributed by atoms with Crippen molar-refractivity contribution in [2.24, 2.45) is 16.6 Å². The summed E-state index contributed by atoms with van der Waals surface area (Å²) in [4.78, 5) is 4.18. The Morgan fingerprint density at radius 2 is 2.17 bits per heavy atom. The van der Waals surface area contributed by atoms with Crippen molar-refractivity contribution in [3.63, 3.8) is 0 Å². The first-order valence-electron chi connectivity index (χ1n) is 4.70. The molecule has 0 bridgehead atoms. The lowest BCUT2D eigenvalue weighted by Crippen LogP contribution is -2.32. The summed E-state index contributed by atoms with van der Waals surface area (Å²) >= 11 is 0. The Hall–Kier alpha value is -0.730. The molecule has 72 valence electrons. The SMILES string of the molecule is CCCCNC(N)=NCC(C)C. The highest BCUT2D eigenvalue weighted by Gasteiger charge is 1.92. The van der Waals surface area contributed by atoms with Crippen molar-refractivity contribution in [2.45, 2.75) is 33.6 Å². The molecule has 3 heteroatoms. The first-order chi connectivity index (χ1) is 5.66. The second-order valence-corrected chi connectivity index (χ2v) is 3.40. The van der Waals surface area contributed by atoms with E-state index in [1.807, 2.05) is 0 Å². The standard InChI is InChI=1S/C9H21N3/c1-4-5-6-11-9(10)12-7-8(2)3/h8H,4-7H2,1-3H3,(H3,10,11,12). The van der Waals surface area contributed by atoms with Gasteiger partial charge >= 0.3 is 0 Å². The van der Waals surface area contributed by atoms with Crippen LogP contribution in [-0.4, -0.2) is 19.0 Å². The van der Waals surface area contributed by atoms with Gasteiger partial charge in [0.25, 0.3) is 0 Å². The molecule has 0 fully saturated rings. The highest BCUT2D eigenvalue weighted by atomic mass is 15.1. The largest absolute Gasteiger partial charge is 0.370 e. The van der Waals surface area contributed by atoms with Gasteiger partial charge in [-0.1, -0.05) is 27.2 Å². The van der Waals surface area contributed by atoms with Crippen LogP contribution in [0.5, 0.6) is 0 Å². The fourth-order valence-corrected chi connectivity index (χ4v) is 0.730. The highest BCUT2D eigenvalue weighted by molar-refractivity contribution is 5.77. The predicted molar refractivity (Wildman–Crippen MR) is 54.2 cm³/mol. The molecule has 3 nitrogen and oxygen atoms in total. The molecular formula is C9H21N3. The van der Waals surface area contributed by atoms with Crippen LogP contribution < -0.4 is 11.1 Å². The molecule has 3 N–H and O–H groups in total. The fourth-order valence-electron chi connectivity index (χ4n) is 0.730. The van der Waals surface area contributed by atoms with Crippen LogP contribution in [-0.2, 0) is 0 Å². The molecule has 0 aromatic rings. The molecule has 0 radical (unpaired) electrons. The van der Waals surface area contributed by atoms with Gasteiger partial charge in [0.15, 0.2) is 5.96 Å². The molecule has 0 aliphatic carbocycles. The van der Waals surface area contributed by atoms with Crippen LogP contribution in [0.15, 0.2) is 4.99 Å². The van der Waals surface area contributed by atoms with E-state index in [0.717, 1.165) is 19.5 Å². The third-order valence-electron chi connectivity index (χ3n) is 1.46. The number of nitrogens with two attached hydrogens (primary N) is 1. The number of hydrogen-bond donors (Lipinski definition) is 2. The maximum absolute atomic E-state index is 5.60. The summed E-state index contributed by atoms with van der Waals surface area (Å²) < 4.78 is 0. The van der Waals surface area contributed by atoms with Crippen LogP contribution in [0.4, 0.5) is 0 Å². The number of aliphatic imine (C=N–C) groups is 1. The lowest BCUT2D eigenvalue weighted by Gasteiger charge is -2.05. The summed E-state index contributed by atoms with van der Waals surface area (Å²) in [6.07, 6.45) is 2.34. The predicted octanol–water partition coefficient (Wildman–Crippen LogP) is 1.35. The van der Waals surface area contributed by atoms with E-state index >= 15 is 0 Å². The zero-order chi connectivity index (χ0) is 9.40. The third-order valence-corrected chi connectivity index (χ3v) is 1.46. The summed E-state index contributed by atoms with van der Waals surface area (Å²) in [7, 11) is 0. The van der Waals surface area contributed by atoms with Crippen molar-refractivity contribution >= 4 is 5.96 Å². The van der Waals surface area contributed by atoms with Gasteiger partial charge in [-0.25, -0.2) is 0 Å². The summed E-state index contributed by atoms with van der Waals surface area (Å²) in [5.74, 6) is 1.16. The fraction of sp³-hybridized carbons (Fsp3) is 0.889. The zero-order valence-electron chi connectivity index (χ0n) is 8.43. The molecule has 0 spiro atoms. The first kappa shape index (κ1) is 11.3. The van der Waals surface area contributed by atoms with E-state index < -0.39 is 0 Å². The maximum atomic E-state index is 5.60. The molecule has 0 heterocycles. The van der Waals surface area contributed by atoms with Gasteiger partial charge in [-0.3, -0.25) is 4.99 Å². The van der Waals surface area contributed by atoms with E-state index in [2.05, 4.69) is 31.1 Å². The van der Waals surface area contributed by atoms with Gasteiger partial charge in [0, 0.05) is 13.1 Å². The minimum Gasteiger partial charge on any atom is -0.370 e. The molecule has 0 aromatic heterocycles. The lowest BCUT2D eigenvalue weighted by atomic mass is 10.2. The average Bonchev–Trinajstić information content (AvgIpc) is 2.01. The number of hydrogen-bond acceptors (Lipinski definition) is 1. The summed E-state index contributed by atoms with van der Waals surface area (Å²) in [5, 5.41) is 3.07. The highest BCUT2D eigenvalue weighted by Crippen LogP contribution is 1.90. The smallest absolute Gasteiger partial charge is 0.188 e. The number of unbranched alkanes of at least 4 members (excludes halogenated alkanes) is 1. The topological polar surface area (TPSA) is 50.4 Å². The first-order valence-corrected chi connectivity index (χ1v) is 4.70. The van der Waals surface area contributed by atoms with Crippen LogP contribution in [0, 0.1) is 5.92 Å². The van der Waals surface area contributed by atoms with E-state index in [1.54, 1.807) is 0 Å². The molecule has 0 atom stereocenters.